The number of benzene rings is 1. The van der Waals surface area contributed by atoms with Crippen LogP contribution in [-0.2, 0) is 4.79 Å². The molecule has 2 aliphatic carbocycles. The summed E-state index contributed by atoms with van der Waals surface area (Å²) in [5, 5.41) is 6.55. The van der Waals surface area contributed by atoms with Crippen molar-refractivity contribution in [1.29, 1.82) is 0 Å². The Labute approximate surface area is 320 Å². The number of aromatic nitrogens is 2. The molecular weight excluding hydrogens is 723 g/mol. The number of carbonyl (C=O) groups is 2. The highest BCUT2D eigenvalue weighted by molar-refractivity contribution is 6.04. The molecular formula is C34H59Cl3N8O6. The Bertz CT molecular complexity index is 1390. The van der Waals surface area contributed by atoms with Gasteiger partial charge in [0.1, 0.15) is 17.5 Å². The number of hydrogen-bond donors (Lipinski definition) is 2. The zero-order chi connectivity index (χ0) is 31.7. The average molecular weight is 782 g/mol. The van der Waals surface area contributed by atoms with Crippen molar-refractivity contribution < 1.29 is 30.8 Å². The summed E-state index contributed by atoms with van der Waals surface area (Å²) in [5.41, 5.74) is 1.91. The van der Waals surface area contributed by atoms with E-state index < -0.39 is 0 Å². The molecule has 14 nitrogen and oxygen atoms in total. The second-order valence-corrected chi connectivity index (χ2v) is 13.5. The quantitative estimate of drug-likeness (QED) is 0.364. The zero-order valence-electron chi connectivity index (χ0n) is 30.3. The van der Waals surface area contributed by atoms with Gasteiger partial charge in [-0.1, -0.05) is 6.92 Å². The Hall–Kier alpha value is -2.69. The first kappa shape index (κ1) is 48.3. The maximum absolute atomic E-state index is 13.3. The molecule has 1 atom stereocenters. The van der Waals surface area contributed by atoms with E-state index in [4.69, 9.17) is 9.72 Å². The first-order chi connectivity index (χ1) is 21.7. The van der Waals surface area contributed by atoms with Gasteiger partial charge in [0.2, 0.25) is 11.9 Å². The molecule has 8 N–H and O–H groups in total. The largest absolute Gasteiger partial charge is 0.495 e. The van der Waals surface area contributed by atoms with Crippen LogP contribution in [-0.4, -0.2) is 119 Å². The fourth-order valence-corrected chi connectivity index (χ4v) is 7.32. The van der Waals surface area contributed by atoms with Gasteiger partial charge >= 0.3 is 0 Å². The summed E-state index contributed by atoms with van der Waals surface area (Å²) in [6.07, 6.45) is 9.51. The van der Waals surface area contributed by atoms with Crippen molar-refractivity contribution in [3.05, 3.63) is 30.0 Å². The number of halogens is 3. The highest BCUT2D eigenvalue weighted by Gasteiger charge is 2.38. The number of anilines is 4. The van der Waals surface area contributed by atoms with Gasteiger partial charge in [0, 0.05) is 63.5 Å². The predicted octanol–water partition coefficient (Wildman–Crippen LogP) is 3.06. The van der Waals surface area contributed by atoms with Crippen molar-refractivity contribution in [2.24, 2.45) is 5.92 Å². The second kappa shape index (κ2) is 21.1. The van der Waals surface area contributed by atoms with E-state index in [1.54, 1.807) is 31.3 Å². The molecule has 2 amide bonds. The summed E-state index contributed by atoms with van der Waals surface area (Å²) in [4.78, 5) is 44.6. The normalized spacial score (nSPS) is 21.6. The van der Waals surface area contributed by atoms with E-state index >= 15 is 0 Å². The van der Waals surface area contributed by atoms with Crippen LogP contribution in [0.1, 0.15) is 76.1 Å². The van der Waals surface area contributed by atoms with Gasteiger partial charge in [-0.15, -0.1) is 37.2 Å². The third-order valence-electron chi connectivity index (χ3n) is 10.1. The predicted molar refractivity (Wildman–Crippen MR) is 210 cm³/mol. The van der Waals surface area contributed by atoms with Crippen LogP contribution < -0.4 is 25.2 Å². The lowest BCUT2D eigenvalue weighted by Crippen LogP contribution is -2.54. The van der Waals surface area contributed by atoms with E-state index in [0.717, 1.165) is 37.4 Å². The van der Waals surface area contributed by atoms with E-state index in [0.29, 0.717) is 41.1 Å². The molecule has 0 unspecified atom stereocenters. The minimum absolute atomic E-state index is 0. The first-order valence-electron chi connectivity index (χ1n) is 16.9. The number of nitrogens with one attached hydrogen (secondary N) is 2. The molecule has 3 fully saturated rings. The van der Waals surface area contributed by atoms with Crippen molar-refractivity contribution >= 4 is 72.2 Å². The molecule has 3 heterocycles. The fourth-order valence-electron chi connectivity index (χ4n) is 7.32. The van der Waals surface area contributed by atoms with Gasteiger partial charge in [0.05, 0.1) is 19.0 Å². The van der Waals surface area contributed by atoms with E-state index in [2.05, 4.69) is 44.2 Å². The van der Waals surface area contributed by atoms with Gasteiger partial charge in [-0.3, -0.25) is 14.5 Å². The molecule has 6 rings (SSSR count). The van der Waals surface area contributed by atoms with Crippen LogP contribution >= 0.6 is 37.2 Å². The molecule has 17 heteroatoms. The number of likely N-dealkylation sites (N-methyl/N-ethyl adjacent to an activating group) is 1. The van der Waals surface area contributed by atoms with Crippen LogP contribution in [0.5, 0.6) is 5.75 Å². The van der Waals surface area contributed by atoms with Crippen molar-refractivity contribution in [3.8, 4) is 5.75 Å². The molecule has 1 aromatic heterocycles. The van der Waals surface area contributed by atoms with Crippen LogP contribution in [0.15, 0.2) is 24.4 Å². The Kier molecular flexibility index (Phi) is 20.0. The van der Waals surface area contributed by atoms with E-state index in [1.165, 1.54) is 45.6 Å². The van der Waals surface area contributed by atoms with Crippen LogP contribution in [0.25, 0.3) is 0 Å². The van der Waals surface area contributed by atoms with Crippen molar-refractivity contribution in [3.63, 3.8) is 0 Å². The lowest BCUT2D eigenvalue weighted by Gasteiger charge is -2.42. The van der Waals surface area contributed by atoms with Gasteiger partial charge in [0.15, 0.2) is 5.82 Å². The summed E-state index contributed by atoms with van der Waals surface area (Å²) < 4.78 is 5.68. The first-order valence-corrected chi connectivity index (χ1v) is 16.9. The van der Waals surface area contributed by atoms with Crippen molar-refractivity contribution in [2.45, 2.75) is 89.9 Å². The number of rotatable bonds is 10. The summed E-state index contributed by atoms with van der Waals surface area (Å²) in [5.74, 6) is 2.59. The summed E-state index contributed by atoms with van der Waals surface area (Å²) >= 11 is 0. The van der Waals surface area contributed by atoms with Crippen LogP contribution in [0.2, 0.25) is 0 Å². The van der Waals surface area contributed by atoms with Crippen molar-refractivity contribution in [2.75, 3.05) is 62.0 Å². The molecule has 2 aliphatic heterocycles. The Morgan fingerprint density at radius 2 is 1.63 bits per heavy atom. The lowest BCUT2D eigenvalue weighted by atomic mass is 9.89. The number of fused-ring (bicyclic) bond motifs is 1. The molecule has 2 saturated carbocycles. The number of hydrogen-bond acceptors (Lipinski definition) is 9. The van der Waals surface area contributed by atoms with Crippen LogP contribution in [0.3, 0.4) is 0 Å². The standard InChI is InChI=1S/C34H50N8O3.3ClH.3H2O/c1-6-28-33(44)39(4)29-20-35-34(38-31(29)42(28)22(2)3)37-27-14-9-24(19-30(27)45-5)32(43)36-25-10-12-26(13-11-25)41-17-15-40(16-18-41)21-23-7-8-23;;;;;;/h9,14,19-20,22-23,25-26,28H,6-8,10-13,15-18,21H2,1-5H3,(H,36,43)(H,35,37,38);3*1H;3*1H2/t25?,26?,28-;;;;;;/m1....../s1. The lowest BCUT2D eigenvalue weighted by molar-refractivity contribution is -0.120. The molecule has 0 radical (unpaired) electrons. The Balaban J connectivity index is 0.00000417. The molecule has 0 bridgehead atoms. The number of carbonyl (C=O) groups excluding carboxylic acids is 2. The maximum atomic E-state index is 13.3. The van der Waals surface area contributed by atoms with Gasteiger partial charge in [-0.05, 0) is 82.9 Å². The molecule has 1 aromatic carbocycles. The average Bonchev–Trinajstić information content (AvgIpc) is 3.87. The molecule has 0 spiro atoms. The minimum Gasteiger partial charge on any atom is -0.495 e. The van der Waals surface area contributed by atoms with E-state index in [-0.39, 0.29) is 83.6 Å². The van der Waals surface area contributed by atoms with E-state index in [1.807, 2.05) is 19.1 Å². The number of nitrogens with zero attached hydrogens (tertiary/aromatic N) is 6. The maximum Gasteiger partial charge on any atom is 0.251 e. The Morgan fingerprint density at radius 3 is 2.20 bits per heavy atom. The molecule has 2 aromatic rings. The van der Waals surface area contributed by atoms with Gasteiger partial charge in [0.25, 0.3) is 5.91 Å². The number of methoxy groups -OCH3 is 1. The summed E-state index contributed by atoms with van der Waals surface area (Å²) in [7, 11) is 3.36. The van der Waals surface area contributed by atoms with Crippen LogP contribution in [0, 0.1) is 5.92 Å². The van der Waals surface area contributed by atoms with Gasteiger partial charge in [-0.25, -0.2) is 4.98 Å². The third-order valence-corrected chi connectivity index (χ3v) is 10.1. The highest BCUT2D eigenvalue weighted by atomic mass is 35.5. The fraction of sp³-hybridized carbons (Fsp3) is 0.647. The van der Waals surface area contributed by atoms with E-state index in [9.17, 15) is 9.59 Å². The van der Waals surface area contributed by atoms with Crippen molar-refractivity contribution in [1.82, 2.24) is 25.1 Å². The SMILES string of the molecule is CC[C@@H]1C(=O)N(C)c2cnc(Nc3ccc(C(=O)NC4CCC(N5CCN(CC6CC6)CC5)CC4)cc3OC)nc2N1C(C)C.Cl.Cl.Cl.O.O.O. The second-order valence-electron chi connectivity index (χ2n) is 13.5. The molecule has 292 valence electrons. The number of ether oxygens (including phenoxy) is 1. The number of piperazine rings is 1. The topological polar surface area (TPSA) is 201 Å². The van der Waals surface area contributed by atoms with Gasteiger partial charge in [-0.2, -0.15) is 4.98 Å². The minimum atomic E-state index is -0.278. The summed E-state index contributed by atoms with van der Waals surface area (Å²) in [6, 6.07) is 6.05. The number of amides is 2. The Morgan fingerprint density at radius 1 is 0.980 bits per heavy atom. The monoisotopic (exact) mass is 780 g/mol. The summed E-state index contributed by atoms with van der Waals surface area (Å²) in [6.45, 7) is 12.2. The molecule has 51 heavy (non-hydrogen) atoms. The highest BCUT2D eigenvalue weighted by Crippen LogP contribution is 2.37. The van der Waals surface area contributed by atoms with Gasteiger partial charge < -0.3 is 46.5 Å². The smallest absolute Gasteiger partial charge is 0.251 e. The molecule has 1 saturated heterocycles. The third kappa shape index (κ3) is 10.9. The van der Waals surface area contributed by atoms with Crippen LogP contribution in [0.4, 0.5) is 23.1 Å². The zero-order valence-corrected chi connectivity index (χ0v) is 32.8. The molecule has 4 aliphatic rings.